The maximum atomic E-state index is 12.3. The first kappa shape index (κ1) is 13.3. The molecule has 2 N–H and O–H groups in total. The number of aromatic nitrogens is 2. The molecule has 1 aromatic heterocycles. The zero-order valence-electron chi connectivity index (χ0n) is 9.55. The Hall–Kier alpha value is -1.15. The van der Waals surface area contributed by atoms with Crippen molar-refractivity contribution in [3.8, 4) is 0 Å². The van der Waals surface area contributed by atoms with Crippen molar-refractivity contribution in [1.82, 2.24) is 14.7 Å². The molecule has 0 atom stereocenters. The molecule has 0 unspecified atom stereocenters. The van der Waals surface area contributed by atoms with Crippen molar-refractivity contribution in [3.05, 3.63) is 17.5 Å². The molecule has 4 nitrogen and oxygen atoms in total. The number of hydrogen-bond donors (Lipinski definition) is 2. The fourth-order valence-electron chi connectivity index (χ4n) is 1.64. The highest BCUT2D eigenvalue weighted by atomic mass is 32.1. The first-order valence-electron chi connectivity index (χ1n) is 5.59. The summed E-state index contributed by atoms with van der Waals surface area (Å²) in [5.74, 6) is -1.07. The van der Waals surface area contributed by atoms with Crippen molar-refractivity contribution in [2.75, 3.05) is 25.0 Å². The van der Waals surface area contributed by atoms with Crippen LogP contribution in [0.3, 0.4) is 0 Å². The third kappa shape index (κ3) is 3.67. The number of alkyl halides is 3. The van der Waals surface area contributed by atoms with Crippen LogP contribution in [-0.2, 0) is 6.18 Å². The van der Waals surface area contributed by atoms with Gasteiger partial charge in [0.05, 0.1) is 0 Å². The van der Waals surface area contributed by atoms with Crippen LogP contribution in [0.25, 0.3) is 0 Å². The smallest absolute Gasteiger partial charge is 0.360 e. The summed E-state index contributed by atoms with van der Waals surface area (Å²) in [5, 5.41) is 6.29. The Bertz CT molecular complexity index is 427. The second kappa shape index (κ2) is 5.66. The summed E-state index contributed by atoms with van der Waals surface area (Å²) in [6.07, 6.45) is -0.533. The molecule has 8 heteroatoms. The lowest BCUT2D eigenvalue weighted by Gasteiger charge is -2.13. The van der Waals surface area contributed by atoms with E-state index in [0.29, 0.717) is 6.54 Å². The van der Waals surface area contributed by atoms with E-state index in [4.69, 9.17) is 0 Å². The predicted octanol–water partition coefficient (Wildman–Crippen LogP) is 2.28. The molecule has 0 saturated carbocycles. The molecular formula is C10H13F3N4S. The second-order valence-electron chi connectivity index (χ2n) is 3.91. The van der Waals surface area contributed by atoms with Crippen LogP contribution >= 0.6 is 11.5 Å². The van der Waals surface area contributed by atoms with E-state index in [-0.39, 0.29) is 5.13 Å². The van der Waals surface area contributed by atoms with Crippen molar-refractivity contribution in [2.45, 2.75) is 19.0 Å². The summed E-state index contributed by atoms with van der Waals surface area (Å²) in [4.78, 5) is 3.40. The molecule has 1 aliphatic rings. The third-order valence-electron chi connectivity index (χ3n) is 2.56. The van der Waals surface area contributed by atoms with Crippen molar-refractivity contribution >= 4 is 16.7 Å². The van der Waals surface area contributed by atoms with Crippen LogP contribution in [-0.4, -0.2) is 29.0 Å². The van der Waals surface area contributed by atoms with Gasteiger partial charge < -0.3 is 10.6 Å². The molecule has 0 bridgehead atoms. The summed E-state index contributed by atoms with van der Waals surface area (Å²) in [6.45, 7) is 2.41. The molecular weight excluding hydrogens is 265 g/mol. The Labute approximate surface area is 106 Å². The topological polar surface area (TPSA) is 49.8 Å². The minimum atomic E-state index is -4.46. The molecule has 2 rings (SSSR count). The van der Waals surface area contributed by atoms with Gasteiger partial charge in [0.2, 0.25) is 11.0 Å². The maximum absolute atomic E-state index is 12.3. The number of nitrogens with one attached hydrogen (secondary N) is 2. The van der Waals surface area contributed by atoms with Gasteiger partial charge in [-0.15, -0.1) is 0 Å². The lowest BCUT2D eigenvalue weighted by Crippen LogP contribution is -2.21. The number of halogens is 3. The van der Waals surface area contributed by atoms with Crippen LogP contribution in [0.2, 0.25) is 0 Å². The van der Waals surface area contributed by atoms with E-state index in [1.165, 1.54) is 5.57 Å². The molecule has 100 valence electrons. The van der Waals surface area contributed by atoms with Crippen LogP contribution < -0.4 is 10.6 Å². The number of rotatable bonds is 4. The molecule has 1 aromatic rings. The van der Waals surface area contributed by atoms with Crippen LogP contribution in [0, 0.1) is 0 Å². The molecule has 0 radical (unpaired) electrons. The Morgan fingerprint density at radius 2 is 2.28 bits per heavy atom. The van der Waals surface area contributed by atoms with E-state index in [9.17, 15) is 13.2 Å². The molecule has 0 saturated heterocycles. The summed E-state index contributed by atoms with van der Waals surface area (Å²) in [6, 6.07) is 0. The van der Waals surface area contributed by atoms with Gasteiger partial charge in [0.25, 0.3) is 0 Å². The number of nitrogens with zero attached hydrogens (tertiary/aromatic N) is 2. The molecule has 1 aliphatic heterocycles. The summed E-state index contributed by atoms with van der Waals surface area (Å²) in [7, 11) is 0. The fourth-order valence-corrected chi connectivity index (χ4v) is 2.25. The van der Waals surface area contributed by atoms with E-state index in [1.807, 2.05) is 0 Å². The predicted molar refractivity (Wildman–Crippen MR) is 63.6 cm³/mol. The van der Waals surface area contributed by atoms with Crippen LogP contribution in [0.15, 0.2) is 11.6 Å². The standard InChI is InChI=1S/C10H13F3N4S/c11-10(12,13)8-16-9(18-17-8)15-6-3-7-1-4-14-5-2-7/h1,14H,2-6H2,(H,15,16,17). The van der Waals surface area contributed by atoms with Crippen LogP contribution in [0.4, 0.5) is 18.3 Å². The van der Waals surface area contributed by atoms with Gasteiger partial charge in [-0.05, 0) is 19.4 Å². The van der Waals surface area contributed by atoms with E-state index >= 15 is 0 Å². The Morgan fingerprint density at radius 3 is 2.89 bits per heavy atom. The largest absolute Gasteiger partial charge is 0.452 e. The molecule has 0 aromatic carbocycles. The molecule has 0 fully saturated rings. The summed E-state index contributed by atoms with van der Waals surface area (Å²) < 4.78 is 40.0. The normalized spacial score (nSPS) is 16.5. The van der Waals surface area contributed by atoms with Crippen LogP contribution in [0.1, 0.15) is 18.7 Å². The van der Waals surface area contributed by atoms with Crippen molar-refractivity contribution in [3.63, 3.8) is 0 Å². The minimum Gasteiger partial charge on any atom is -0.360 e. The van der Waals surface area contributed by atoms with Gasteiger partial charge >= 0.3 is 6.18 Å². The van der Waals surface area contributed by atoms with Gasteiger partial charge in [-0.25, -0.2) is 0 Å². The molecule has 18 heavy (non-hydrogen) atoms. The Morgan fingerprint density at radius 1 is 1.44 bits per heavy atom. The average molecular weight is 278 g/mol. The van der Waals surface area contributed by atoms with Crippen molar-refractivity contribution in [2.24, 2.45) is 0 Å². The van der Waals surface area contributed by atoms with E-state index in [1.54, 1.807) is 0 Å². The van der Waals surface area contributed by atoms with Crippen molar-refractivity contribution in [1.29, 1.82) is 0 Å². The third-order valence-corrected chi connectivity index (χ3v) is 3.23. The fraction of sp³-hybridized carbons (Fsp3) is 0.600. The average Bonchev–Trinajstić information content (AvgIpc) is 2.79. The summed E-state index contributed by atoms with van der Waals surface area (Å²) >= 11 is 0.739. The Balaban J connectivity index is 1.80. The molecule has 2 heterocycles. The minimum absolute atomic E-state index is 0.219. The highest BCUT2D eigenvalue weighted by Gasteiger charge is 2.36. The highest BCUT2D eigenvalue weighted by molar-refractivity contribution is 7.09. The lowest BCUT2D eigenvalue weighted by molar-refractivity contribution is -0.144. The SMILES string of the molecule is FC(F)(F)c1nsc(NCCC2=CCNCC2)n1. The monoisotopic (exact) mass is 278 g/mol. The number of hydrogen-bond acceptors (Lipinski definition) is 5. The lowest BCUT2D eigenvalue weighted by atomic mass is 10.1. The van der Waals surface area contributed by atoms with Gasteiger partial charge in [0.1, 0.15) is 0 Å². The van der Waals surface area contributed by atoms with Gasteiger partial charge in [-0.1, -0.05) is 11.6 Å². The summed E-state index contributed by atoms with van der Waals surface area (Å²) in [5.41, 5.74) is 1.32. The zero-order chi connectivity index (χ0) is 13.0. The molecule has 0 spiro atoms. The van der Waals surface area contributed by atoms with E-state index < -0.39 is 12.0 Å². The van der Waals surface area contributed by atoms with Crippen molar-refractivity contribution < 1.29 is 13.2 Å². The molecule has 0 aliphatic carbocycles. The molecule has 0 amide bonds. The maximum Gasteiger partial charge on any atom is 0.452 e. The Kier molecular flexibility index (Phi) is 4.18. The highest BCUT2D eigenvalue weighted by Crippen LogP contribution is 2.28. The number of anilines is 1. The first-order valence-corrected chi connectivity index (χ1v) is 6.36. The van der Waals surface area contributed by atoms with E-state index in [2.05, 4.69) is 26.1 Å². The second-order valence-corrected chi connectivity index (χ2v) is 4.67. The zero-order valence-corrected chi connectivity index (χ0v) is 10.4. The van der Waals surface area contributed by atoms with Gasteiger partial charge in [0.15, 0.2) is 0 Å². The first-order chi connectivity index (χ1) is 8.55. The van der Waals surface area contributed by atoms with Crippen LogP contribution in [0.5, 0.6) is 0 Å². The van der Waals surface area contributed by atoms with E-state index in [0.717, 1.165) is 37.5 Å². The quantitative estimate of drug-likeness (QED) is 0.830. The van der Waals surface area contributed by atoms with Gasteiger partial charge in [-0.2, -0.15) is 22.5 Å². The van der Waals surface area contributed by atoms with Gasteiger partial charge in [-0.3, -0.25) is 0 Å². The van der Waals surface area contributed by atoms with Gasteiger partial charge in [0, 0.05) is 24.6 Å².